The maximum Gasteiger partial charge on any atom is 0.261 e. The molecule has 0 radical (unpaired) electrons. The van der Waals surface area contributed by atoms with Crippen LogP contribution < -0.4 is 0 Å². The molecule has 4 saturated heterocycles. The monoisotopic (exact) mass is 448 g/mol. The zero-order chi connectivity index (χ0) is 22.5. The Labute approximate surface area is 189 Å². The van der Waals surface area contributed by atoms with Gasteiger partial charge in [-0.3, -0.25) is 0 Å². The summed E-state index contributed by atoms with van der Waals surface area (Å²) in [7, 11) is 0. The van der Waals surface area contributed by atoms with E-state index in [1.165, 1.54) is 12.8 Å². The maximum atomic E-state index is 12.0. The minimum Gasteiger partial charge on any atom is -0.379 e. The van der Waals surface area contributed by atoms with Crippen molar-refractivity contribution in [3.63, 3.8) is 0 Å². The Bertz CT molecular complexity index is 918. The zero-order valence-electron chi connectivity index (χ0n) is 19.5. The number of hydrogen-bond donors (Lipinski definition) is 3. The predicted octanol–water partition coefficient (Wildman–Crippen LogP) is 2.43. The fourth-order valence-electron chi connectivity index (χ4n) is 9.12. The van der Waals surface area contributed by atoms with Gasteiger partial charge in [-0.15, -0.1) is 0 Å². The molecule has 178 valence electrons. The minimum absolute atomic E-state index is 0.177. The van der Waals surface area contributed by atoms with Gasteiger partial charge in [-0.2, -0.15) is 0 Å². The molecular weight excluding hydrogens is 412 g/mol. The molecule has 0 aromatic carbocycles. The highest BCUT2D eigenvalue weighted by Gasteiger charge is 2.87. The molecule has 11 atom stereocenters. The summed E-state index contributed by atoms with van der Waals surface area (Å²) in [5.41, 5.74) is 1.42. The quantitative estimate of drug-likeness (QED) is 0.530. The van der Waals surface area contributed by atoms with E-state index in [9.17, 15) is 15.3 Å². The summed E-state index contributed by atoms with van der Waals surface area (Å²) in [5, 5.41) is 34.6. The Kier molecular flexibility index (Phi) is 3.78. The van der Waals surface area contributed by atoms with Crippen LogP contribution >= 0.6 is 0 Å². The van der Waals surface area contributed by atoms with Gasteiger partial charge in [0.05, 0.1) is 6.10 Å². The van der Waals surface area contributed by atoms with Crippen molar-refractivity contribution in [1.29, 1.82) is 0 Å². The van der Waals surface area contributed by atoms with Crippen molar-refractivity contribution in [3.8, 4) is 0 Å². The van der Waals surface area contributed by atoms with Gasteiger partial charge in [-0.25, -0.2) is 0 Å². The first-order valence-electron chi connectivity index (χ1n) is 12.5. The zero-order valence-corrected chi connectivity index (χ0v) is 19.5. The van der Waals surface area contributed by atoms with Crippen LogP contribution in [0.4, 0.5) is 0 Å². The van der Waals surface area contributed by atoms with Gasteiger partial charge in [0.25, 0.3) is 11.6 Å². The standard InChI is InChI=1S/C25H36O7/c1-12(2)13-7-8-21(3)9-10-22(4)15(16(13)21)6-5-14-17-18(22)30-20-24(17,27)25(28)23(26,11-29-20)31-19(14)32-25/h12,14-15,17-20,26-28H,5-11H2,1-4H3/t14-,15+,17+,18-,19-,20-,21+,22+,23-,24-,25-/m0/s1. The van der Waals surface area contributed by atoms with E-state index in [1.807, 2.05) is 0 Å². The fraction of sp³-hybridized carbons (Fsp3) is 0.920. The number of rotatable bonds is 1. The second-order valence-electron chi connectivity index (χ2n) is 12.5. The third kappa shape index (κ3) is 1.99. The fourth-order valence-corrected chi connectivity index (χ4v) is 9.12. The third-order valence-corrected chi connectivity index (χ3v) is 10.8. The molecule has 0 aromatic rings. The Balaban J connectivity index is 1.40. The number of hydrogen-bond acceptors (Lipinski definition) is 7. The molecule has 0 spiro atoms. The van der Waals surface area contributed by atoms with Crippen molar-refractivity contribution in [2.45, 2.75) is 102 Å². The lowest BCUT2D eigenvalue weighted by atomic mass is 9.53. The highest BCUT2D eigenvalue weighted by Crippen LogP contribution is 2.71. The van der Waals surface area contributed by atoms with E-state index in [0.717, 1.165) is 25.7 Å². The SMILES string of the molecule is CC(C)C1=C2[C@H]3CC[C@@H]4[C@@H]5O[C@]6(O)[C@@]7(O)[C@@H](OC[C@]6(O)O5)O[C@@H]([C@@H]47)[C@]3(C)CC[C@@]2(C)CC1. The highest BCUT2D eigenvalue weighted by molar-refractivity contribution is 5.37. The largest absolute Gasteiger partial charge is 0.379 e. The van der Waals surface area contributed by atoms with Gasteiger partial charge in [-0.05, 0) is 55.8 Å². The number of aliphatic hydroxyl groups is 3. The number of fused-ring (bicyclic) bond motifs is 6. The Morgan fingerprint density at radius 2 is 1.78 bits per heavy atom. The maximum absolute atomic E-state index is 12.0. The molecule has 32 heavy (non-hydrogen) atoms. The van der Waals surface area contributed by atoms with Gasteiger partial charge in [0.15, 0.2) is 18.2 Å². The lowest BCUT2D eigenvalue weighted by Crippen LogP contribution is -2.78. The van der Waals surface area contributed by atoms with E-state index in [1.54, 1.807) is 11.1 Å². The van der Waals surface area contributed by atoms with Crippen LogP contribution in [0.2, 0.25) is 0 Å². The number of ether oxygens (including phenoxy) is 4. The summed E-state index contributed by atoms with van der Waals surface area (Å²) >= 11 is 0. The number of allylic oxidation sites excluding steroid dienone is 2. The van der Waals surface area contributed by atoms with Crippen LogP contribution in [-0.2, 0) is 18.9 Å². The first-order valence-corrected chi connectivity index (χ1v) is 12.5. The molecule has 2 bridgehead atoms. The van der Waals surface area contributed by atoms with Gasteiger partial charge < -0.3 is 34.3 Å². The molecule has 0 aromatic heterocycles. The summed E-state index contributed by atoms with van der Waals surface area (Å²) < 4.78 is 24.2. The summed E-state index contributed by atoms with van der Waals surface area (Å²) in [5.74, 6) is -4.06. The topological polar surface area (TPSA) is 97.6 Å². The van der Waals surface area contributed by atoms with Crippen molar-refractivity contribution in [1.82, 2.24) is 0 Å². The van der Waals surface area contributed by atoms with Gasteiger partial charge >= 0.3 is 0 Å². The summed E-state index contributed by atoms with van der Waals surface area (Å²) in [6.45, 7) is 9.09. The Morgan fingerprint density at radius 3 is 2.53 bits per heavy atom. The van der Waals surface area contributed by atoms with Crippen LogP contribution in [-0.4, -0.2) is 57.8 Å². The molecule has 3 N–H and O–H groups in total. The van der Waals surface area contributed by atoms with Crippen LogP contribution in [0.15, 0.2) is 11.1 Å². The minimum atomic E-state index is -2.25. The van der Waals surface area contributed by atoms with Crippen LogP contribution in [0.1, 0.15) is 66.2 Å². The highest BCUT2D eigenvalue weighted by atomic mass is 16.9. The molecule has 7 heteroatoms. The molecule has 0 amide bonds. The third-order valence-electron chi connectivity index (χ3n) is 10.8. The molecule has 4 heterocycles. The molecule has 6 fully saturated rings. The summed E-state index contributed by atoms with van der Waals surface area (Å²) in [6.07, 6.45) is 4.15. The smallest absolute Gasteiger partial charge is 0.261 e. The van der Waals surface area contributed by atoms with Crippen molar-refractivity contribution < 1.29 is 34.3 Å². The van der Waals surface area contributed by atoms with Crippen LogP contribution in [0.3, 0.4) is 0 Å². The van der Waals surface area contributed by atoms with Crippen LogP contribution in [0, 0.1) is 34.5 Å². The van der Waals surface area contributed by atoms with Gasteiger partial charge in [0.2, 0.25) is 0 Å². The van der Waals surface area contributed by atoms with Crippen molar-refractivity contribution in [2.24, 2.45) is 34.5 Å². The molecule has 2 saturated carbocycles. The second kappa shape index (κ2) is 5.81. The molecule has 7 aliphatic rings. The van der Waals surface area contributed by atoms with E-state index < -0.39 is 35.7 Å². The van der Waals surface area contributed by atoms with Gasteiger partial charge in [0.1, 0.15) is 6.61 Å². The molecule has 3 aliphatic carbocycles. The Morgan fingerprint density at radius 1 is 1.00 bits per heavy atom. The average Bonchev–Trinajstić information content (AvgIpc) is 3.29. The van der Waals surface area contributed by atoms with Crippen molar-refractivity contribution in [3.05, 3.63) is 11.1 Å². The van der Waals surface area contributed by atoms with Crippen LogP contribution in [0.25, 0.3) is 0 Å². The second-order valence-corrected chi connectivity index (χ2v) is 12.5. The molecule has 0 unspecified atom stereocenters. The van der Waals surface area contributed by atoms with Crippen molar-refractivity contribution in [2.75, 3.05) is 6.61 Å². The average molecular weight is 449 g/mol. The summed E-state index contributed by atoms with van der Waals surface area (Å²) in [6, 6.07) is 0. The van der Waals surface area contributed by atoms with E-state index in [0.29, 0.717) is 11.8 Å². The lowest BCUT2D eigenvalue weighted by Gasteiger charge is -2.54. The normalized spacial score (nSPS) is 62.2. The summed E-state index contributed by atoms with van der Waals surface area (Å²) in [4.78, 5) is 0. The first kappa shape index (κ1) is 20.8. The van der Waals surface area contributed by atoms with E-state index in [2.05, 4.69) is 27.7 Å². The van der Waals surface area contributed by atoms with Gasteiger partial charge in [0, 0.05) is 17.3 Å². The molecule has 4 aliphatic heterocycles. The van der Waals surface area contributed by atoms with E-state index in [4.69, 9.17) is 18.9 Å². The van der Waals surface area contributed by atoms with Crippen LogP contribution in [0.5, 0.6) is 0 Å². The predicted molar refractivity (Wildman–Crippen MR) is 112 cm³/mol. The van der Waals surface area contributed by atoms with Crippen molar-refractivity contribution >= 4 is 0 Å². The first-order chi connectivity index (χ1) is 15.0. The lowest BCUT2D eigenvalue weighted by molar-refractivity contribution is -0.441. The van der Waals surface area contributed by atoms with E-state index in [-0.39, 0.29) is 29.5 Å². The van der Waals surface area contributed by atoms with E-state index >= 15 is 0 Å². The Hall–Kier alpha value is -0.540. The molecule has 7 nitrogen and oxygen atoms in total. The van der Waals surface area contributed by atoms with Gasteiger partial charge in [-0.1, -0.05) is 38.8 Å². The molecular formula is C25H36O7. The molecule has 7 rings (SSSR count).